The molecule has 0 saturated carbocycles. The fraction of sp³-hybridized carbons (Fsp3) is 0.368. The Hall–Kier alpha value is -2.94. The molecule has 128 valence electrons. The molecule has 1 aliphatic carbocycles. The van der Waals surface area contributed by atoms with Gasteiger partial charge in [-0.3, -0.25) is 14.5 Å². The predicted molar refractivity (Wildman–Crippen MR) is 87.6 cm³/mol. The molecule has 25 heavy (non-hydrogen) atoms. The molecule has 2 aliphatic rings. The maximum Gasteiger partial charge on any atom is 0.329 e. The second-order valence-electron chi connectivity index (χ2n) is 6.25. The summed E-state index contributed by atoms with van der Waals surface area (Å²) in [6, 6.07) is 7.87. The Bertz CT molecular complexity index is 767. The molecule has 0 spiro atoms. The van der Waals surface area contributed by atoms with Gasteiger partial charge in [-0.2, -0.15) is 5.26 Å². The van der Waals surface area contributed by atoms with Crippen molar-refractivity contribution in [2.45, 2.75) is 32.4 Å². The fourth-order valence-electron chi connectivity index (χ4n) is 3.34. The van der Waals surface area contributed by atoms with E-state index >= 15 is 0 Å². The normalized spacial score (nSPS) is 23.1. The summed E-state index contributed by atoms with van der Waals surface area (Å²) in [6.07, 6.45) is 4.86. The molecule has 0 N–H and O–H groups in total. The first-order chi connectivity index (χ1) is 12.0. The first-order valence-electron chi connectivity index (χ1n) is 8.21. The van der Waals surface area contributed by atoms with Crippen molar-refractivity contribution >= 4 is 17.8 Å². The predicted octanol–water partition coefficient (Wildman–Crippen LogP) is 1.94. The van der Waals surface area contributed by atoms with Crippen LogP contribution in [0.3, 0.4) is 0 Å². The summed E-state index contributed by atoms with van der Waals surface area (Å²) in [5.41, 5.74) is 1.01. The Balaban J connectivity index is 1.68. The van der Waals surface area contributed by atoms with E-state index in [0.29, 0.717) is 24.0 Å². The van der Waals surface area contributed by atoms with Crippen molar-refractivity contribution in [2.75, 3.05) is 0 Å². The number of nitrogens with zero attached hydrogens (tertiary/aromatic N) is 2. The highest BCUT2D eigenvalue weighted by molar-refractivity contribution is 6.08. The minimum atomic E-state index is -0.972. The van der Waals surface area contributed by atoms with E-state index in [1.165, 1.54) is 6.92 Å². The van der Waals surface area contributed by atoms with E-state index in [1.54, 1.807) is 24.3 Å². The number of benzene rings is 1. The molecule has 0 aromatic heterocycles. The second kappa shape index (κ2) is 6.89. The quantitative estimate of drug-likeness (QED) is 0.476. The third-order valence-electron chi connectivity index (χ3n) is 4.78. The number of allylic oxidation sites excluding steroid dienone is 2. The molecule has 3 rings (SSSR count). The van der Waals surface area contributed by atoms with E-state index in [0.717, 1.165) is 4.90 Å². The first-order valence-corrected chi connectivity index (χ1v) is 8.21. The van der Waals surface area contributed by atoms with Crippen molar-refractivity contribution < 1.29 is 19.1 Å². The Labute approximate surface area is 145 Å². The third-order valence-corrected chi connectivity index (χ3v) is 4.78. The van der Waals surface area contributed by atoms with Crippen molar-refractivity contribution in [3.05, 3.63) is 47.5 Å². The van der Waals surface area contributed by atoms with Crippen LogP contribution in [0.25, 0.3) is 0 Å². The van der Waals surface area contributed by atoms with Gasteiger partial charge in [-0.1, -0.05) is 30.4 Å². The molecule has 6 heteroatoms. The zero-order valence-electron chi connectivity index (χ0n) is 13.8. The van der Waals surface area contributed by atoms with Crippen LogP contribution in [0.1, 0.15) is 30.9 Å². The van der Waals surface area contributed by atoms with Crippen LogP contribution in [0.2, 0.25) is 0 Å². The number of carbonyl (C=O) groups excluding carboxylic acids is 3. The lowest BCUT2D eigenvalue weighted by atomic mass is 9.85. The van der Waals surface area contributed by atoms with Gasteiger partial charge >= 0.3 is 5.97 Å². The average molecular weight is 338 g/mol. The van der Waals surface area contributed by atoms with Gasteiger partial charge in [0.05, 0.1) is 23.5 Å². The zero-order valence-corrected chi connectivity index (χ0v) is 13.8. The number of esters is 1. The van der Waals surface area contributed by atoms with Crippen LogP contribution in [0.15, 0.2) is 36.4 Å². The van der Waals surface area contributed by atoms with Crippen molar-refractivity contribution in [3.8, 4) is 6.07 Å². The Morgan fingerprint density at radius 3 is 2.44 bits per heavy atom. The molecular formula is C19H18N2O4. The number of hydrogen-bond donors (Lipinski definition) is 0. The summed E-state index contributed by atoms with van der Waals surface area (Å²) in [6.45, 7) is 1.43. The molecule has 1 fully saturated rings. The van der Waals surface area contributed by atoms with Gasteiger partial charge in [-0.25, -0.2) is 4.79 Å². The van der Waals surface area contributed by atoms with Gasteiger partial charge in [0.2, 0.25) is 11.8 Å². The molecule has 0 bridgehead atoms. The van der Waals surface area contributed by atoms with Crippen molar-refractivity contribution in [1.29, 1.82) is 5.26 Å². The summed E-state index contributed by atoms with van der Waals surface area (Å²) in [7, 11) is 0. The molecule has 1 saturated heterocycles. The van der Waals surface area contributed by atoms with Gasteiger partial charge < -0.3 is 4.74 Å². The monoisotopic (exact) mass is 338 g/mol. The smallest absolute Gasteiger partial charge is 0.329 e. The van der Waals surface area contributed by atoms with Crippen LogP contribution >= 0.6 is 0 Å². The number of hydrogen-bond acceptors (Lipinski definition) is 5. The number of likely N-dealkylation sites (tertiary alicyclic amines) is 1. The largest absolute Gasteiger partial charge is 0.459 e. The SMILES string of the molecule is C[C@@H](C(=O)OCc1ccccc1C#N)N1C(=O)[C@H]2CC=CC[C@@H]2C1=O. The van der Waals surface area contributed by atoms with E-state index in [1.807, 2.05) is 18.2 Å². The maximum absolute atomic E-state index is 12.5. The lowest BCUT2D eigenvalue weighted by Gasteiger charge is -2.21. The Kier molecular flexibility index (Phi) is 4.66. The van der Waals surface area contributed by atoms with Crippen molar-refractivity contribution in [1.82, 2.24) is 4.90 Å². The van der Waals surface area contributed by atoms with Crippen LogP contribution in [0.4, 0.5) is 0 Å². The highest BCUT2D eigenvalue weighted by atomic mass is 16.5. The third kappa shape index (κ3) is 3.05. The number of fused-ring (bicyclic) bond motifs is 1. The molecule has 1 aromatic rings. The molecular weight excluding hydrogens is 320 g/mol. The summed E-state index contributed by atoms with van der Waals surface area (Å²) in [5.74, 6) is -2.00. The molecule has 1 aliphatic heterocycles. The van der Waals surface area contributed by atoms with Crippen LogP contribution in [0.5, 0.6) is 0 Å². The number of nitriles is 1. The van der Waals surface area contributed by atoms with E-state index < -0.39 is 12.0 Å². The lowest BCUT2D eigenvalue weighted by Crippen LogP contribution is -2.44. The Morgan fingerprint density at radius 2 is 1.84 bits per heavy atom. The molecule has 0 radical (unpaired) electrons. The van der Waals surface area contributed by atoms with Crippen LogP contribution in [-0.2, 0) is 25.7 Å². The molecule has 6 nitrogen and oxygen atoms in total. The molecule has 0 unspecified atom stereocenters. The number of amides is 2. The molecule has 1 heterocycles. The average Bonchev–Trinajstić information content (AvgIpc) is 2.90. The topological polar surface area (TPSA) is 87.5 Å². The Morgan fingerprint density at radius 1 is 1.24 bits per heavy atom. The van der Waals surface area contributed by atoms with E-state index in [-0.39, 0.29) is 30.3 Å². The van der Waals surface area contributed by atoms with Crippen molar-refractivity contribution in [2.24, 2.45) is 11.8 Å². The summed E-state index contributed by atoms with van der Waals surface area (Å²) >= 11 is 0. The second-order valence-corrected chi connectivity index (χ2v) is 6.25. The van der Waals surface area contributed by atoms with Gasteiger partial charge in [0.1, 0.15) is 12.6 Å². The number of ether oxygens (including phenoxy) is 1. The summed E-state index contributed by atoms with van der Waals surface area (Å²) in [4.78, 5) is 38.4. The summed E-state index contributed by atoms with van der Waals surface area (Å²) < 4.78 is 5.24. The number of imide groups is 1. The highest BCUT2D eigenvalue weighted by Crippen LogP contribution is 2.36. The van der Waals surface area contributed by atoms with Gasteiger partial charge in [0.25, 0.3) is 0 Å². The number of carbonyl (C=O) groups is 3. The highest BCUT2D eigenvalue weighted by Gasteiger charge is 2.50. The van der Waals surface area contributed by atoms with Gasteiger partial charge in [0, 0.05) is 5.56 Å². The van der Waals surface area contributed by atoms with Crippen LogP contribution in [0, 0.1) is 23.2 Å². The first kappa shape index (κ1) is 16.9. The molecule has 2 amide bonds. The van der Waals surface area contributed by atoms with E-state index in [2.05, 4.69) is 0 Å². The van der Waals surface area contributed by atoms with Gasteiger partial charge in [0.15, 0.2) is 0 Å². The zero-order chi connectivity index (χ0) is 18.0. The fourth-order valence-corrected chi connectivity index (χ4v) is 3.34. The minimum Gasteiger partial charge on any atom is -0.459 e. The lowest BCUT2D eigenvalue weighted by molar-refractivity contribution is -0.159. The van der Waals surface area contributed by atoms with Crippen molar-refractivity contribution in [3.63, 3.8) is 0 Å². The standard InChI is InChI=1S/C19H18N2O4/c1-12(19(24)25-11-14-7-3-2-6-13(14)10-20)21-17(22)15-8-4-5-9-16(15)18(21)23/h2-7,12,15-16H,8-9,11H2,1H3/t12-,15-,16-/m0/s1. The van der Waals surface area contributed by atoms with E-state index in [4.69, 9.17) is 10.00 Å². The van der Waals surface area contributed by atoms with E-state index in [9.17, 15) is 14.4 Å². The van der Waals surface area contributed by atoms with Gasteiger partial charge in [-0.15, -0.1) is 0 Å². The minimum absolute atomic E-state index is 0.0719. The van der Waals surface area contributed by atoms with Gasteiger partial charge in [-0.05, 0) is 25.8 Å². The molecule has 3 atom stereocenters. The summed E-state index contributed by atoms with van der Waals surface area (Å²) in [5, 5.41) is 9.06. The maximum atomic E-state index is 12.5. The number of rotatable bonds is 4. The molecule has 1 aromatic carbocycles. The van der Waals surface area contributed by atoms with Crippen LogP contribution < -0.4 is 0 Å². The van der Waals surface area contributed by atoms with Crippen LogP contribution in [-0.4, -0.2) is 28.7 Å².